The van der Waals surface area contributed by atoms with E-state index in [1.807, 2.05) is 65.3 Å². The molecule has 0 saturated heterocycles. The van der Waals surface area contributed by atoms with E-state index in [0.29, 0.717) is 30.9 Å². The standard InChI is InChI=1S/C29H30N6O2/c1-37-26-13-12-24-18-25(29(36)30-27(24)19-26)20-34(16-14-22-8-4-2-5-9-22)21-28-31-32-33-35(28)17-15-23-10-6-3-7-11-23/h2-13,18-19H,14-17,20-21H2,1H3,(H,30,36). The summed E-state index contributed by atoms with van der Waals surface area (Å²) >= 11 is 0. The molecule has 2 heterocycles. The van der Waals surface area contributed by atoms with Crippen molar-refractivity contribution in [1.29, 1.82) is 0 Å². The third kappa shape index (κ3) is 6.29. The number of pyridine rings is 1. The lowest BCUT2D eigenvalue weighted by Gasteiger charge is -2.22. The van der Waals surface area contributed by atoms with Gasteiger partial charge in [0.05, 0.1) is 19.2 Å². The summed E-state index contributed by atoms with van der Waals surface area (Å²) in [5.74, 6) is 1.49. The van der Waals surface area contributed by atoms with Crippen molar-refractivity contribution >= 4 is 10.9 Å². The van der Waals surface area contributed by atoms with E-state index in [-0.39, 0.29) is 5.56 Å². The van der Waals surface area contributed by atoms with Gasteiger partial charge >= 0.3 is 0 Å². The fourth-order valence-corrected chi connectivity index (χ4v) is 4.45. The number of aromatic nitrogens is 5. The zero-order valence-electron chi connectivity index (χ0n) is 20.9. The van der Waals surface area contributed by atoms with Crippen LogP contribution in [0.1, 0.15) is 22.5 Å². The number of hydrogen-bond donors (Lipinski definition) is 1. The van der Waals surface area contributed by atoms with Crippen LogP contribution in [0, 0.1) is 0 Å². The van der Waals surface area contributed by atoms with Crippen LogP contribution in [-0.2, 0) is 32.5 Å². The van der Waals surface area contributed by atoms with Gasteiger partial charge in [0.25, 0.3) is 5.56 Å². The molecule has 0 spiro atoms. The van der Waals surface area contributed by atoms with Gasteiger partial charge in [-0.05, 0) is 58.0 Å². The maximum atomic E-state index is 13.0. The summed E-state index contributed by atoms with van der Waals surface area (Å²) in [7, 11) is 1.62. The molecule has 0 fully saturated rings. The van der Waals surface area contributed by atoms with Crippen molar-refractivity contribution in [3.05, 3.63) is 118 Å². The van der Waals surface area contributed by atoms with E-state index in [0.717, 1.165) is 36.1 Å². The highest BCUT2D eigenvalue weighted by Crippen LogP contribution is 2.19. The predicted octanol–water partition coefficient (Wildman–Crippen LogP) is 4.01. The van der Waals surface area contributed by atoms with E-state index in [1.54, 1.807) is 7.11 Å². The molecule has 8 nitrogen and oxygen atoms in total. The minimum atomic E-state index is -0.103. The first kappa shape index (κ1) is 24.4. The molecule has 2 aromatic heterocycles. The summed E-state index contributed by atoms with van der Waals surface area (Å²) in [6.07, 6.45) is 1.70. The summed E-state index contributed by atoms with van der Waals surface area (Å²) < 4.78 is 7.16. The van der Waals surface area contributed by atoms with Crippen molar-refractivity contribution in [3.8, 4) is 5.75 Å². The second-order valence-corrected chi connectivity index (χ2v) is 9.08. The Labute approximate surface area is 215 Å². The predicted molar refractivity (Wildman–Crippen MR) is 143 cm³/mol. The number of ether oxygens (including phenoxy) is 1. The number of H-pyrrole nitrogens is 1. The first-order valence-electron chi connectivity index (χ1n) is 12.4. The van der Waals surface area contributed by atoms with Gasteiger partial charge in [-0.3, -0.25) is 9.69 Å². The molecule has 0 aliphatic heterocycles. The Kier molecular flexibility index (Phi) is 7.66. The number of aromatic amines is 1. The normalized spacial score (nSPS) is 11.3. The Balaban J connectivity index is 1.36. The average Bonchev–Trinajstić information content (AvgIpc) is 3.38. The zero-order valence-corrected chi connectivity index (χ0v) is 20.9. The summed E-state index contributed by atoms with van der Waals surface area (Å²) in [6.45, 7) is 2.47. The maximum absolute atomic E-state index is 13.0. The van der Waals surface area contributed by atoms with Gasteiger partial charge in [-0.25, -0.2) is 4.68 Å². The lowest BCUT2D eigenvalue weighted by atomic mass is 10.1. The summed E-state index contributed by atoms with van der Waals surface area (Å²) in [5.41, 5.74) is 3.84. The monoisotopic (exact) mass is 494 g/mol. The van der Waals surface area contributed by atoms with Gasteiger partial charge in [0, 0.05) is 31.3 Å². The van der Waals surface area contributed by atoms with Crippen LogP contribution in [-0.4, -0.2) is 43.7 Å². The molecule has 3 aromatic carbocycles. The fraction of sp³-hybridized carbons (Fsp3) is 0.241. The summed E-state index contributed by atoms with van der Waals surface area (Å²) in [6, 6.07) is 28.3. The number of nitrogens with one attached hydrogen (secondary N) is 1. The van der Waals surface area contributed by atoms with Gasteiger partial charge in [0.2, 0.25) is 0 Å². The third-order valence-corrected chi connectivity index (χ3v) is 6.51. The SMILES string of the molecule is COc1ccc2cc(CN(CCc3ccccc3)Cc3nnnn3CCc3ccccc3)c(=O)[nH]c2c1. The molecule has 5 aromatic rings. The van der Waals surface area contributed by atoms with E-state index in [2.05, 4.69) is 49.7 Å². The van der Waals surface area contributed by atoms with Gasteiger partial charge in [-0.2, -0.15) is 0 Å². The van der Waals surface area contributed by atoms with Gasteiger partial charge in [0.1, 0.15) is 5.75 Å². The van der Waals surface area contributed by atoms with Crippen LogP contribution in [0.3, 0.4) is 0 Å². The van der Waals surface area contributed by atoms with Gasteiger partial charge < -0.3 is 9.72 Å². The second kappa shape index (κ2) is 11.6. The van der Waals surface area contributed by atoms with E-state index < -0.39 is 0 Å². The number of rotatable bonds is 11. The summed E-state index contributed by atoms with van der Waals surface area (Å²) in [4.78, 5) is 18.2. The number of fused-ring (bicyclic) bond motifs is 1. The first-order valence-corrected chi connectivity index (χ1v) is 12.4. The van der Waals surface area contributed by atoms with Crippen molar-refractivity contribution in [2.75, 3.05) is 13.7 Å². The number of tetrazole rings is 1. The summed E-state index contributed by atoms with van der Waals surface area (Å²) in [5, 5.41) is 13.5. The second-order valence-electron chi connectivity index (χ2n) is 9.08. The molecule has 0 radical (unpaired) electrons. The third-order valence-electron chi connectivity index (χ3n) is 6.51. The fourth-order valence-electron chi connectivity index (χ4n) is 4.45. The van der Waals surface area contributed by atoms with Crippen LogP contribution >= 0.6 is 0 Å². The molecular formula is C29H30N6O2. The van der Waals surface area contributed by atoms with Crippen molar-refractivity contribution in [2.24, 2.45) is 0 Å². The van der Waals surface area contributed by atoms with Gasteiger partial charge in [-0.1, -0.05) is 60.7 Å². The zero-order chi connectivity index (χ0) is 25.5. The molecule has 0 aliphatic carbocycles. The van der Waals surface area contributed by atoms with Crippen molar-refractivity contribution < 1.29 is 4.74 Å². The Hall–Kier alpha value is -4.30. The molecule has 8 heteroatoms. The van der Waals surface area contributed by atoms with E-state index in [1.165, 1.54) is 11.1 Å². The highest BCUT2D eigenvalue weighted by molar-refractivity contribution is 5.80. The Morgan fingerprint density at radius 1 is 0.892 bits per heavy atom. The lowest BCUT2D eigenvalue weighted by Crippen LogP contribution is -2.30. The molecule has 0 aliphatic rings. The Morgan fingerprint density at radius 3 is 2.35 bits per heavy atom. The maximum Gasteiger partial charge on any atom is 0.252 e. The molecule has 37 heavy (non-hydrogen) atoms. The molecule has 1 N–H and O–H groups in total. The highest BCUT2D eigenvalue weighted by atomic mass is 16.5. The lowest BCUT2D eigenvalue weighted by molar-refractivity contribution is 0.247. The minimum absolute atomic E-state index is 0.103. The number of methoxy groups -OCH3 is 1. The molecule has 0 atom stereocenters. The Morgan fingerprint density at radius 2 is 1.62 bits per heavy atom. The molecule has 0 saturated carbocycles. The topological polar surface area (TPSA) is 88.9 Å². The number of aryl methyl sites for hydroxylation is 2. The number of benzene rings is 3. The average molecular weight is 495 g/mol. The van der Waals surface area contributed by atoms with Crippen LogP contribution in [0.5, 0.6) is 5.75 Å². The molecule has 5 rings (SSSR count). The molecular weight excluding hydrogens is 464 g/mol. The molecule has 0 amide bonds. The van der Waals surface area contributed by atoms with E-state index >= 15 is 0 Å². The van der Waals surface area contributed by atoms with Crippen molar-refractivity contribution in [3.63, 3.8) is 0 Å². The first-order chi connectivity index (χ1) is 18.2. The van der Waals surface area contributed by atoms with Gasteiger partial charge in [-0.15, -0.1) is 5.10 Å². The quantitative estimate of drug-likeness (QED) is 0.299. The highest BCUT2D eigenvalue weighted by Gasteiger charge is 2.16. The smallest absolute Gasteiger partial charge is 0.252 e. The molecule has 0 bridgehead atoms. The van der Waals surface area contributed by atoms with Crippen LogP contribution < -0.4 is 10.3 Å². The van der Waals surface area contributed by atoms with Crippen LogP contribution in [0.2, 0.25) is 0 Å². The minimum Gasteiger partial charge on any atom is -0.497 e. The van der Waals surface area contributed by atoms with Crippen molar-refractivity contribution in [1.82, 2.24) is 30.1 Å². The van der Waals surface area contributed by atoms with Crippen LogP contribution in [0.4, 0.5) is 0 Å². The number of nitrogens with zero attached hydrogens (tertiary/aromatic N) is 5. The van der Waals surface area contributed by atoms with E-state index in [9.17, 15) is 4.79 Å². The van der Waals surface area contributed by atoms with Gasteiger partial charge in [0.15, 0.2) is 5.82 Å². The number of hydrogen-bond acceptors (Lipinski definition) is 6. The van der Waals surface area contributed by atoms with Crippen LogP contribution in [0.15, 0.2) is 89.7 Å². The molecule has 0 unspecified atom stereocenters. The Bertz CT molecular complexity index is 1500. The van der Waals surface area contributed by atoms with Crippen molar-refractivity contribution in [2.45, 2.75) is 32.5 Å². The molecule has 188 valence electrons. The largest absolute Gasteiger partial charge is 0.497 e. The van der Waals surface area contributed by atoms with E-state index in [4.69, 9.17) is 4.74 Å². The van der Waals surface area contributed by atoms with Crippen LogP contribution in [0.25, 0.3) is 10.9 Å².